The van der Waals surface area contributed by atoms with Crippen molar-refractivity contribution in [1.29, 1.82) is 0 Å². The number of rotatable bonds is 4. The number of carbonyl (C=O) groups is 1. The summed E-state index contributed by atoms with van der Waals surface area (Å²) in [5.41, 5.74) is 0.821. The lowest BCUT2D eigenvalue weighted by atomic mass is 10.1. The molecule has 126 valence electrons. The number of aryl methyl sites for hydroxylation is 1. The van der Waals surface area contributed by atoms with Crippen molar-refractivity contribution in [1.82, 2.24) is 14.9 Å². The second-order valence-electron chi connectivity index (χ2n) is 6.11. The molecular weight excluding hydrogens is 312 g/mol. The third-order valence-electron chi connectivity index (χ3n) is 4.42. The molecule has 1 fully saturated rings. The van der Waals surface area contributed by atoms with Crippen molar-refractivity contribution in [3.63, 3.8) is 0 Å². The van der Waals surface area contributed by atoms with E-state index in [-0.39, 0.29) is 29.8 Å². The molecule has 0 unspecified atom stereocenters. The van der Waals surface area contributed by atoms with Crippen molar-refractivity contribution in [3.05, 3.63) is 59.2 Å². The third kappa shape index (κ3) is 3.42. The molecule has 1 aromatic heterocycles. The Morgan fingerprint density at radius 2 is 1.83 bits per heavy atom. The SMILES string of the molecule is Cc1cnc(C(=O)N(Cc2c(F)cccc2F)C2CCCC2)cn1. The third-order valence-corrected chi connectivity index (χ3v) is 4.42. The van der Waals surface area contributed by atoms with Gasteiger partial charge < -0.3 is 4.90 Å². The van der Waals surface area contributed by atoms with Crippen molar-refractivity contribution >= 4 is 5.91 Å². The van der Waals surface area contributed by atoms with E-state index in [1.54, 1.807) is 6.92 Å². The summed E-state index contributed by atoms with van der Waals surface area (Å²) in [6.45, 7) is 1.68. The maximum Gasteiger partial charge on any atom is 0.274 e. The van der Waals surface area contributed by atoms with Gasteiger partial charge in [-0.05, 0) is 31.9 Å². The van der Waals surface area contributed by atoms with E-state index in [2.05, 4.69) is 9.97 Å². The number of hydrogen-bond acceptors (Lipinski definition) is 3. The van der Waals surface area contributed by atoms with E-state index in [0.717, 1.165) is 25.7 Å². The van der Waals surface area contributed by atoms with Gasteiger partial charge in [0, 0.05) is 17.8 Å². The number of aromatic nitrogens is 2. The lowest BCUT2D eigenvalue weighted by Gasteiger charge is -2.29. The van der Waals surface area contributed by atoms with E-state index in [1.165, 1.54) is 35.5 Å². The molecule has 3 rings (SSSR count). The highest BCUT2D eigenvalue weighted by molar-refractivity contribution is 5.92. The van der Waals surface area contributed by atoms with Crippen LogP contribution in [0.25, 0.3) is 0 Å². The van der Waals surface area contributed by atoms with Gasteiger partial charge in [0.05, 0.1) is 18.4 Å². The minimum atomic E-state index is -0.638. The number of amides is 1. The second kappa shape index (κ2) is 7.03. The Hall–Kier alpha value is -2.37. The molecule has 4 nitrogen and oxygen atoms in total. The normalized spacial score (nSPS) is 14.8. The summed E-state index contributed by atoms with van der Waals surface area (Å²) >= 11 is 0. The number of hydrogen-bond donors (Lipinski definition) is 0. The van der Waals surface area contributed by atoms with Gasteiger partial charge in [0.2, 0.25) is 0 Å². The van der Waals surface area contributed by atoms with Crippen molar-refractivity contribution < 1.29 is 13.6 Å². The molecule has 0 spiro atoms. The molecule has 1 saturated carbocycles. The van der Waals surface area contributed by atoms with Crippen LogP contribution in [0.15, 0.2) is 30.6 Å². The van der Waals surface area contributed by atoms with E-state index in [9.17, 15) is 13.6 Å². The van der Waals surface area contributed by atoms with Crippen molar-refractivity contribution in [2.75, 3.05) is 0 Å². The maximum absolute atomic E-state index is 14.0. The molecule has 0 saturated heterocycles. The molecule has 0 bridgehead atoms. The number of halogens is 2. The van der Waals surface area contributed by atoms with Gasteiger partial charge >= 0.3 is 0 Å². The lowest BCUT2D eigenvalue weighted by Crippen LogP contribution is -2.39. The van der Waals surface area contributed by atoms with Crippen LogP contribution in [0.4, 0.5) is 8.78 Å². The van der Waals surface area contributed by atoms with Gasteiger partial charge in [0.1, 0.15) is 17.3 Å². The molecule has 0 aliphatic heterocycles. The summed E-state index contributed by atoms with van der Waals surface area (Å²) in [5.74, 6) is -1.61. The minimum absolute atomic E-state index is 0.0281. The molecule has 1 aromatic carbocycles. The zero-order chi connectivity index (χ0) is 17.1. The highest BCUT2D eigenvalue weighted by atomic mass is 19.1. The van der Waals surface area contributed by atoms with Crippen LogP contribution in [0.3, 0.4) is 0 Å². The van der Waals surface area contributed by atoms with E-state index >= 15 is 0 Å². The fraction of sp³-hybridized carbons (Fsp3) is 0.389. The first-order chi connectivity index (χ1) is 11.6. The van der Waals surface area contributed by atoms with Crippen LogP contribution in [0.1, 0.15) is 47.4 Å². The first-order valence-electron chi connectivity index (χ1n) is 8.09. The highest BCUT2D eigenvalue weighted by Gasteiger charge is 2.29. The molecule has 6 heteroatoms. The number of nitrogens with zero attached hydrogens (tertiary/aromatic N) is 3. The molecule has 0 N–H and O–H groups in total. The van der Waals surface area contributed by atoms with Crippen LogP contribution < -0.4 is 0 Å². The predicted molar refractivity (Wildman–Crippen MR) is 85.3 cm³/mol. The average Bonchev–Trinajstić information content (AvgIpc) is 3.09. The van der Waals surface area contributed by atoms with Gasteiger partial charge in [-0.2, -0.15) is 0 Å². The molecule has 2 aromatic rings. The zero-order valence-electron chi connectivity index (χ0n) is 13.5. The quantitative estimate of drug-likeness (QED) is 0.859. The van der Waals surface area contributed by atoms with E-state index in [0.29, 0.717) is 5.69 Å². The summed E-state index contributed by atoms with van der Waals surface area (Å²) in [6.07, 6.45) is 6.62. The molecule has 24 heavy (non-hydrogen) atoms. The first kappa shape index (κ1) is 16.5. The van der Waals surface area contributed by atoms with E-state index in [4.69, 9.17) is 0 Å². The fourth-order valence-electron chi connectivity index (χ4n) is 3.09. The smallest absolute Gasteiger partial charge is 0.274 e. The van der Waals surface area contributed by atoms with Gasteiger partial charge in [-0.15, -0.1) is 0 Å². The van der Waals surface area contributed by atoms with Gasteiger partial charge in [0.15, 0.2) is 0 Å². The largest absolute Gasteiger partial charge is 0.330 e. The van der Waals surface area contributed by atoms with Crippen LogP contribution in [-0.2, 0) is 6.54 Å². The predicted octanol–water partition coefficient (Wildman–Crippen LogP) is 3.65. The van der Waals surface area contributed by atoms with Crippen LogP contribution in [0.2, 0.25) is 0 Å². The number of benzene rings is 1. The van der Waals surface area contributed by atoms with E-state index < -0.39 is 11.6 Å². The molecule has 1 heterocycles. The molecule has 1 aliphatic rings. The standard InChI is InChI=1S/C18H19F2N3O/c1-12-9-22-17(10-21-12)18(24)23(13-5-2-3-6-13)11-14-15(19)7-4-8-16(14)20/h4,7-10,13H,2-3,5-6,11H2,1H3. The first-order valence-corrected chi connectivity index (χ1v) is 8.09. The van der Waals surface area contributed by atoms with Gasteiger partial charge in [-0.1, -0.05) is 18.9 Å². The monoisotopic (exact) mass is 331 g/mol. The Balaban J connectivity index is 1.91. The average molecular weight is 331 g/mol. The topological polar surface area (TPSA) is 46.1 Å². The summed E-state index contributed by atoms with van der Waals surface area (Å²) in [7, 11) is 0. The molecule has 1 aliphatic carbocycles. The van der Waals surface area contributed by atoms with E-state index in [1.807, 2.05) is 0 Å². The molecule has 0 radical (unpaired) electrons. The second-order valence-corrected chi connectivity index (χ2v) is 6.11. The van der Waals surface area contributed by atoms with Crippen LogP contribution >= 0.6 is 0 Å². The summed E-state index contributed by atoms with van der Waals surface area (Å²) in [4.78, 5) is 22.6. The Morgan fingerprint density at radius 3 is 2.42 bits per heavy atom. The molecule has 1 amide bonds. The lowest BCUT2D eigenvalue weighted by molar-refractivity contribution is 0.0653. The Kier molecular flexibility index (Phi) is 4.83. The minimum Gasteiger partial charge on any atom is -0.330 e. The molecule has 0 atom stereocenters. The number of carbonyl (C=O) groups excluding carboxylic acids is 1. The Bertz CT molecular complexity index is 707. The van der Waals surface area contributed by atoms with Crippen molar-refractivity contribution in [2.45, 2.75) is 45.2 Å². The summed E-state index contributed by atoms with van der Waals surface area (Å²) in [6, 6.07) is 3.71. The fourth-order valence-corrected chi connectivity index (χ4v) is 3.09. The van der Waals surface area contributed by atoms with Crippen LogP contribution in [0, 0.1) is 18.6 Å². The summed E-state index contributed by atoms with van der Waals surface area (Å²) < 4.78 is 28.0. The van der Waals surface area contributed by atoms with Gasteiger partial charge in [-0.25, -0.2) is 13.8 Å². The van der Waals surface area contributed by atoms with Crippen LogP contribution in [0.5, 0.6) is 0 Å². The molecular formula is C18H19F2N3O. The van der Waals surface area contributed by atoms with Crippen molar-refractivity contribution in [2.24, 2.45) is 0 Å². The highest BCUT2D eigenvalue weighted by Crippen LogP contribution is 2.27. The zero-order valence-corrected chi connectivity index (χ0v) is 13.5. The van der Waals surface area contributed by atoms with Gasteiger partial charge in [0.25, 0.3) is 5.91 Å². The summed E-state index contributed by atoms with van der Waals surface area (Å²) in [5, 5.41) is 0. The maximum atomic E-state index is 14.0. The Morgan fingerprint density at radius 1 is 1.17 bits per heavy atom. The van der Waals surface area contributed by atoms with Gasteiger partial charge in [-0.3, -0.25) is 9.78 Å². The van der Waals surface area contributed by atoms with Crippen LogP contribution in [-0.4, -0.2) is 26.8 Å². The van der Waals surface area contributed by atoms with Crippen molar-refractivity contribution in [3.8, 4) is 0 Å². The Labute approximate surface area is 139 Å².